The van der Waals surface area contributed by atoms with E-state index < -0.39 is 17.9 Å². The Bertz CT molecular complexity index is 721. The number of carboxylic acid groups (broad SMARTS) is 1. The minimum Gasteiger partial charge on any atom is -0.480 e. The lowest BCUT2D eigenvalue weighted by Crippen LogP contribution is -2.41. The third kappa shape index (κ3) is 3.54. The van der Waals surface area contributed by atoms with Crippen LogP contribution in [0.1, 0.15) is 23.3 Å². The number of fused-ring (bicyclic) bond motifs is 1. The molecule has 2 rings (SSSR count). The van der Waals surface area contributed by atoms with Gasteiger partial charge < -0.3 is 10.4 Å². The van der Waals surface area contributed by atoms with Crippen LogP contribution < -0.4 is 5.32 Å². The van der Waals surface area contributed by atoms with Crippen LogP contribution in [0, 0.1) is 11.3 Å². The van der Waals surface area contributed by atoms with Gasteiger partial charge in [-0.15, -0.1) is 0 Å². The average Bonchev–Trinajstić information content (AvgIpc) is 2.50. The Labute approximate surface area is 121 Å². The van der Waals surface area contributed by atoms with Crippen LogP contribution in [0.25, 0.3) is 10.9 Å². The van der Waals surface area contributed by atoms with E-state index in [1.807, 2.05) is 24.3 Å². The summed E-state index contributed by atoms with van der Waals surface area (Å²) in [5.41, 5.74) is 0.811. The monoisotopic (exact) mass is 283 g/mol. The second-order valence-electron chi connectivity index (χ2n) is 4.45. The normalized spacial score (nSPS) is 11.6. The Balaban J connectivity index is 2.17. The van der Waals surface area contributed by atoms with E-state index >= 15 is 0 Å². The molecule has 2 aromatic rings. The van der Waals surface area contributed by atoms with Gasteiger partial charge in [0, 0.05) is 11.8 Å². The van der Waals surface area contributed by atoms with Crippen LogP contribution in [0.4, 0.5) is 0 Å². The van der Waals surface area contributed by atoms with Crippen molar-refractivity contribution in [2.24, 2.45) is 0 Å². The first-order chi connectivity index (χ1) is 10.1. The summed E-state index contributed by atoms with van der Waals surface area (Å²) in [6.45, 7) is 0. The van der Waals surface area contributed by atoms with Crippen LogP contribution in [-0.2, 0) is 4.79 Å². The molecular formula is C15H13N3O3. The fourth-order valence-electron chi connectivity index (χ4n) is 1.89. The maximum absolute atomic E-state index is 12.0. The van der Waals surface area contributed by atoms with Gasteiger partial charge in [0.15, 0.2) is 0 Å². The Morgan fingerprint density at radius 3 is 2.76 bits per heavy atom. The number of amides is 1. The first-order valence-corrected chi connectivity index (χ1v) is 6.38. The standard InChI is InChI=1S/C15H13N3O3/c16-9-3-6-13(15(20)21)18-14(19)12-8-7-10-4-1-2-5-11(10)17-12/h1-2,4-5,7-8,13H,3,6H2,(H,18,19)(H,20,21)/t13-/m1/s1. The van der Waals surface area contributed by atoms with E-state index in [-0.39, 0.29) is 18.5 Å². The summed E-state index contributed by atoms with van der Waals surface area (Å²) in [5.74, 6) is -1.73. The Hall–Kier alpha value is -2.94. The third-order valence-electron chi connectivity index (χ3n) is 2.98. The van der Waals surface area contributed by atoms with Crippen LogP contribution in [-0.4, -0.2) is 28.0 Å². The van der Waals surface area contributed by atoms with Crippen LogP contribution >= 0.6 is 0 Å². The van der Waals surface area contributed by atoms with E-state index in [1.54, 1.807) is 18.2 Å². The van der Waals surface area contributed by atoms with Gasteiger partial charge in [-0.1, -0.05) is 24.3 Å². The first kappa shape index (κ1) is 14.5. The number of nitrogens with zero attached hydrogens (tertiary/aromatic N) is 2. The number of para-hydroxylation sites is 1. The van der Waals surface area contributed by atoms with E-state index in [0.29, 0.717) is 5.52 Å². The molecule has 6 nitrogen and oxygen atoms in total. The van der Waals surface area contributed by atoms with Crippen molar-refractivity contribution < 1.29 is 14.7 Å². The van der Waals surface area contributed by atoms with Gasteiger partial charge in [0.2, 0.25) is 0 Å². The molecule has 0 unspecified atom stereocenters. The molecule has 1 heterocycles. The number of carbonyl (C=O) groups excluding carboxylic acids is 1. The number of rotatable bonds is 5. The zero-order valence-electron chi connectivity index (χ0n) is 11.1. The number of carboxylic acids is 1. The molecule has 106 valence electrons. The van der Waals surface area contributed by atoms with Crippen molar-refractivity contribution >= 4 is 22.8 Å². The van der Waals surface area contributed by atoms with E-state index in [0.717, 1.165) is 5.39 Å². The summed E-state index contributed by atoms with van der Waals surface area (Å²) in [5, 5.41) is 20.8. The summed E-state index contributed by atoms with van der Waals surface area (Å²) in [6, 6.07) is 11.4. The van der Waals surface area contributed by atoms with Gasteiger partial charge >= 0.3 is 5.97 Å². The zero-order chi connectivity index (χ0) is 15.2. The molecule has 1 aromatic heterocycles. The molecule has 21 heavy (non-hydrogen) atoms. The summed E-state index contributed by atoms with van der Waals surface area (Å²) in [7, 11) is 0. The highest BCUT2D eigenvalue weighted by Gasteiger charge is 2.20. The molecule has 0 aliphatic rings. The van der Waals surface area contributed by atoms with Gasteiger partial charge in [-0.05, 0) is 18.6 Å². The molecule has 0 radical (unpaired) electrons. The molecular weight excluding hydrogens is 270 g/mol. The van der Waals surface area contributed by atoms with E-state index in [9.17, 15) is 9.59 Å². The number of hydrogen-bond donors (Lipinski definition) is 2. The highest BCUT2D eigenvalue weighted by atomic mass is 16.4. The van der Waals surface area contributed by atoms with Gasteiger partial charge in [0.1, 0.15) is 11.7 Å². The fraction of sp³-hybridized carbons (Fsp3) is 0.200. The average molecular weight is 283 g/mol. The number of aromatic nitrogens is 1. The first-order valence-electron chi connectivity index (χ1n) is 6.38. The molecule has 1 atom stereocenters. The summed E-state index contributed by atoms with van der Waals surface area (Å²) in [6.07, 6.45) is 0.119. The molecule has 0 spiro atoms. The van der Waals surface area contributed by atoms with Gasteiger partial charge in [-0.3, -0.25) is 4.79 Å². The molecule has 0 saturated heterocycles. The Kier molecular flexibility index (Phi) is 4.46. The van der Waals surface area contributed by atoms with Crippen LogP contribution in [0.2, 0.25) is 0 Å². The number of benzene rings is 1. The predicted octanol–water partition coefficient (Wildman–Crippen LogP) is 1.72. The van der Waals surface area contributed by atoms with Crippen molar-refractivity contribution in [3.8, 4) is 6.07 Å². The van der Waals surface area contributed by atoms with Crippen LogP contribution in [0.5, 0.6) is 0 Å². The van der Waals surface area contributed by atoms with E-state index in [2.05, 4.69) is 10.3 Å². The zero-order valence-corrected chi connectivity index (χ0v) is 11.1. The molecule has 0 bridgehead atoms. The SMILES string of the molecule is N#CCC[C@@H](NC(=O)c1ccc2ccccc2n1)C(=O)O. The highest BCUT2D eigenvalue weighted by molar-refractivity contribution is 5.96. The number of pyridine rings is 1. The van der Waals surface area contributed by atoms with Crippen molar-refractivity contribution in [2.75, 3.05) is 0 Å². The Morgan fingerprint density at radius 1 is 1.29 bits per heavy atom. The lowest BCUT2D eigenvalue weighted by Gasteiger charge is -2.12. The number of aliphatic carboxylic acids is 1. The maximum atomic E-state index is 12.0. The molecule has 1 amide bonds. The van der Waals surface area contributed by atoms with Gasteiger partial charge in [0.05, 0.1) is 11.6 Å². The summed E-state index contributed by atoms with van der Waals surface area (Å²) >= 11 is 0. The van der Waals surface area contributed by atoms with Crippen molar-refractivity contribution in [3.05, 3.63) is 42.1 Å². The van der Waals surface area contributed by atoms with Crippen molar-refractivity contribution in [1.82, 2.24) is 10.3 Å². The molecule has 2 N–H and O–H groups in total. The largest absolute Gasteiger partial charge is 0.480 e. The fourth-order valence-corrected chi connectivity index (χ4v) is 1.89. The molecule has 1 aromatic carbocycles. The van der Waals surface area contributed by atoms with Gasteiger partial charge in [0.25, 0.3) is 5.91 Å². The number of nitrogens with one attached hydrogen (secondary N) is 1. The number of nitriles is 1. The van der Waals surface area contributed by atoms with Gasteiger partial charge in [-0.2, -0.15) is 5.26 Å². The lowest BCUT2D eigenvalue weighted by molar-refractivity contribution is -0.139. The molecule has 6 heteroatoms. The summed E-state index contributed by atoms with van der Waals surface area (Å²) < 4.78 is 0. The van der Waals surface area contributed by atoms with E-state index in [1.165, 1.54) is 0 Å². The van der Waals surface area contributed by atoms with E-state index in [4.69, 9.17) is 10.4 Å². The third-order valence-corrected chi connectivity index (χ3v) is 2.98. The predicted molar refractivity (Wildman–Crippen MR) is 75.5 cm³/mol. The van der Waals surface area contributed by atoms with Crippen molar-refractivity contribution in [1.29, 1.82) is 5.26 Å². The van der Waals surface area contributed by atoms with Crippen molar-refractivity contribution in [2.45, 2.75) is 18.9 Å². The van der Waals surface area contributed by atoms with Crippen LogP contribution in [0.3, 0.4) is 0 Å². The minimum atomic E-state index is -1.17. The maximum Gasteiger partial charge on any atom is 0.326 e. The lowest BCUT2D eigenvalue weighted by atomic mass is 10.1. The van der Waals surface area contributed by atoms with Gasteiger partial charge in [-0.25, -0.2) is 9.78 Å². The second-order valence-corrected chi connectivity index (χ2v) is 4.45. The molecule has 0 fully saturated rings. The van der Waals surface area contributed by atoms with Crippen molar-refractivity contribution in [3.63, 3.8) is 0 Å². The topological polar surface area (TPSA) is 103 Å². The number of hydrogen-bond acceptors (Lipinski definition) is 4. The highest BCUT2D eigenvalue weighted by Crippen LogP contribution is 2.12. The Morgan fingerprint density at radius 2 is 2.05 bits per heavy atom. The minimum absolute atomic E-state index is 0.0579. The second kappa shape index (κ2) is 6.48. The molecule has 0 aliphatic heterocycles. The quantitative estimate of drug-likeness (QED) is 0.869. The molecule has 0 saturated carbocycles. The smallest absolute Gasteiger partial charge is 0.326 e. The van der Waals surface area contributed by atoms with Crippen LogP contribution in [0.15, 0.2) is 36.4 Å². The summed E-state index contributed by atoms with van der Waals surface area (Å²) in [4.78, 5) is 27.3. The molecule has 0 aliphatic carbocycles. The number of carbonyl (C=O) groups is 2.